The first-order valence-electron chi connectivity index (χ1n) is 5.65. The Balaban J connectivity index is 2.70. The number of nitrogens with two attached hydrogens (primary N) is 1. The molecule has 1 atom stereocenters. The lowest BCUT2D eigenvalue weighted by Crippen LogP contribution is -2.22. The Morgan fingerprint density at radius 1 is 1.39 bits per heavy atom. The van der Waals surface area contributed by atoms with Gasteiger partial charge in [0.05, 0.1) is 0 Å². The largest absolute Gasteiger partial charge is 0.480 e. The van der Waals surface area contributed by atoms with Crippen molar-refractivity contribution in [2.45, 2.75) is 24.9 Å². The highest BCUT2D eigenvalue weighted by Gasteiger charge is 2.21. The van der Waals surface area contributed by atoms with E-state index in [1.165, 1.54) is 11.8 Å². The molecule has 0 saturated heterocycles. The number of amides is 1. The number of hydrogen-bond donors (Lipinski definition) is 2. The highest BCUT2D eigenvalue weighted by Crippen LogP contribution is 2.24. The number of carbonyl (C=O) groups excluding carboxylic acids is 1. The van der Waals surface area contributed by atoms with Crippen molar-refractivity contribution < 1.29 is 14.7 Å². The molecule has 0 aliphatic heterocycles. The molecule has 0 fully saturated rings. The molecule has 5 heteroatoms. The Hall–Kier alpha value is -1.49. The summed E-state index contributed by atoms with van der Waals surface area (Å²) in [6.07, 6.45) is 0. The van der Waals surface area contributed by atoms with Crippen LogP contribution in [0.1, 0.15) is 29.8 Å². The Labute approximate surface area is 111 Å². The number of benzene rings is 1. The summed E-state index contributed by atoms with van der Waals surface area (Å²) in [5.41, 5.74) is 6.55. The fraction of sp³-hybridized carbons (Fsp3) is 0.385. The van der Waals surface area contributed by atoms with Gasteiger partial charge >= 0.3 is 5.97 Å². The minimum Gasteiger partial charge on any atom is -0.480 e. The van der Waals surface area contributed by atoms with Gasteiger partial charge in [-0.2, -0.15) is 0 Å². The molecular weight excluding hydrogens is 250 g/mol. The van der Waals surface area contributed by atoms with E-state index in [4.69, 9.17) is 10.8 Å². The van der Waals surface area contributed by atoms with Crippen LogP contribution in [-0.2, 0) is 10.5 Å². The van der Waals surface area contributed by atoms with E-state index in [1.54, 1.807) is 18.2 Å². The van der Waals surface area contributed by atoms with Crippen LogP contribution in [0, 0.1) is 5.92 Å². The minimum atomic E-state index is -0.805. The normalized spacial score (nSPS) is 12.4. The Bertz CT molecular complexity index is 446. The van der Waals surface area contributed by atoms with Gasteiger partial charge in [0.1, 0.15) is 5.25 Å². The molecule has 0 bridgehead atoms. The molecule has 1 aromatic carbocycles. The molecule has 1 unspecified atom stereocenters. The van der Waals surface area contributed by atoms with E-state index in [9.17, 15) is 9.59 Å². The van der Waals surface area contributed by atoms with E-state index in [2.05, 4.69) is 0 Å². The van der Waals surface area contributed by atoms with Crippen molar-refractivity contribution in [1.82, 2.24) is 0 Å². The van der Waals surface area contributed by atoms with Gasteiger partial charge in [0, 0.05) is 11.3 Å². The molecule has 0 aliphatic carbocycles. The highest BCUT2D eigenvalue weighted by atomic mass is 32.2. The van der Waals surface area contributed by atoms with Crippen molar-refractivity contribution in [3.63, 3.8) is 0 Å². The second-order valence-electron chi connectivity index (χ2n) is 4.38. The van der Waals surface area contributed by atoms with Crippen LogP contribution >= 0.6 is 11.8 Å². The molecule has 3 N–H and O–H groups in total. The van der Waals surface area contributed by atoms with Gasteiger partial charge in [0.25, 0.3) is 0 Å². The predicted octanol–water partition coefficient (Wildman–Crippen LogP) is 2.13. The van der Waals surface area contributed by atoms with Gasteiger partial charge in [-0.3, -0.25) is 9.59 Å². The quantitative estimate of drug-likeness (QED) is 0.827. The van der Waals surface area contributed by atoms with Crippen molar-refractivity contribution in [2.24, 2.45) is 11.7 Å². The third kappa shape index (κ3) is 4.07. The van der Waals surface area contributed by atoms with Gasteiger partial charge in [-0.25, -0.2) is 0 Å². The molecule has 0 radical (unpaired) electrons. The average molecular weight is 267 g/mol. The first-order chi connectivity index (χ1) is 8.41. The van der Waals surface area contributed by atoms with Crippen molar-refractivity contribution in [3.05, 3.63) is 35.4 Å². The van der Waals surface area contributed by atoms with Crippen LogP contribution in [0.25, 0.3) is 0 Å². The molecule has 0 saturated carbocycles. The molecule has 0 heterocycles. The van der Waals surface area contributed by atoms with Crippen molar-refractivity contribution >= 4 is 23.6 Å². The smallest absolute Gasteiger partial charge is 0.316 e. The maximum atomic E-state index is 11.0. The van der Waals surface area contributed by atoms with Crippen LogP contribution < -0.4 is 5.73 Å². The van der Waals surface area contributed by atoms with Crippen molar-refractivity contribution in [1.29, 1.82) is 0 Å². The number of primary amides is 1. The van der Waals surface area contributed by atoms with Gasteiger partial charge in [-0.05, 0) is 23.6 Å². The lowest BCUT2D eigenvalue weighted by Gasteiger charge is -2.15. The van der Waals surface area contributed by atoms with Crippen LogP contribution in [0.5, 0.6) is 0 Å². The molecular formula is C13H17NO3S. The zero-order chi connectivity index (χ0) is 13.7. The van der Waals surface area contributed by atoms with E-state index >= 15 is 0 Å². The van der Waals surface area contributed by atoms with E-state index < -0.39 is 17.1 Å². The Kier molecular flexibility index (Phi) is 5.22. The summed E-state index contributed by atoms with van der Waals surface area (Å²) in [4.78, 5) is 22.1. The number of hydrogen-bond acceptors (Lipinski definition) is 3. The molecule has 0 aliphatic rings. The van der Waals surface area contributed by atoms with Crippen LogP contribution in [0.2, 0.25) is 0 Å². The van der Waals surface area contributed by atoms with E-state index in [0.29, 0.717) is 11.3 Å². The van der Waals surface area contributed by atoms with Crippen molar-refractivity contribution in [2.75, 3.05) is 0 Å². The summed E-state index contributed by atoms with van der Waals surface area (Å²) >= 11 is 1.36. The molecule has 0 spiro atoms. The molecule has 1 rings (SSSR count). The van der Waals surface area contributed by atoms with E-state index in [-0.39, 0.29) is 5.92 Å². The third-order valence-corrected chi connectivity index (χ3v) is 4.10. The van der Waals surface area contributed by atoms with Gasteiger partial charge in [-0.15, -0.1) is 11.8 Å². The monoisotopic (exact) mass is 267 g/mol. The lowest BCUT2D eigenvalue weighted by molar-refractivity contribution is -0.137. The molecule has 0 aromatic heterocycles. The van der Waals surface area contributed by atoms with E-state index in [1.807, 2.05) is 19.9 Å². The zero-order valence-corrected chi connectivity index (χ0v) is 11.2. The first-order valence-corrected chi connectivity index (χ1v) is 6.70. The second kappa shape index (κ2) is 6.44. The number of thioether (sulfide) groups is 1. The molecule has 18 heavy (non-hydrogen) atoms. The van der Waals surface area contributed by atoms with Gasteiger partial charge in [0.2, 0.25) is 5.91 Å². The topological polar surface area (TPSA) is 80.4 Å². The fourth-order valence-electron chi connectivity index (χ4n) is 1.55. The summed E-state index contributed by atoms with van der Waals surface area (Å²) in [6, 6.07) is 6.96. The summed E-state index contributed by atoms with van der Waals surface area (Å²) in [5.74, 6) is -0.663. The zero-order valence-electron chi connectivity index (χ0n) is 10.4. The average Bonchev–Trinajstić information content (AvgIpc) is 2.28. The standard InChI is InChI=1S/C13H17NO3S/c1-8(2)11(13(16)17)18-7-9-4-3-5-10(6-9)12(14)15/h3-6,8,11H,7H2,1-2H3,(H2,14,15)(H,16,17). The number of aliphatic carboxylic acids is 1. The molecule has 1 amide bonds. The molecule has 1 aromatic rings. The second-order valence-corrected chi connectivity index (χ2v) is 5.51. The van der Waals surface area contributed by atoms with Gasteiger partial charge in [-0.1, -0.05) is 26.0 Å². The highest BCUT2D eigenvalue weighted by molar-refractivity contribution is 7.99. The maximum absolute atomic E-state index is 11.0. The van der Waals surface area contributed by atoms with Crippen molar-refractivity contribution in [3.8, 4) is 0 Å². The number of carbonyl (C=O) groups is 2. The van der Waals surface area contributed by atoms with Crippen LogP contribution in [0.15, 0.2) is 24.3 Å². The summed E-state index contributed by atoms with van der Waals surface area (Å²) in [5, 5.41) is 8.63. The maximum Gasteiger partial charge on any atom is 0.316 e. The number of rotatable bonds is 6. The summed E-state index contributed by atoms with van der Waals surface area (Å²) < 4.78 is 0. The van der Waals surface area contributed by atoms with Crippen LogP contribution in [0.3, 0.4) is 0 Å². The van der Waals surface area contributed by atoms with Gasteiger partial charge in [0.15, 0.2) is 0 Å². The number of carboxylic acids is 1. The predicted molar refractivity (Wildman–Crippen MR) is 72.5 cm³/mol. The molecule has 98 valence electrons. The van der Waals surface area contributed by atoms with Crippen LogP contribution in [0.4, 0.5) is 0 Å². The Morgan fingerprint density at radius 2 is 2.06 bits per heavy atom. The summed E-state index contributed by atoms with van der Waals surface area (Å²) in [6.45, 7) is 3.76. The van der Waals surface area contributed by atoms with Crippen LogP contribution in [-0.4, -0.2) is 22.2 Å². The third-order valence-electron chi connectivity index (χ3n) is 2.49. The fourth-order valence-corrected chi connectivity index (χ4v) is 2.63. The molecule has 4 nitrogen and oxygen atoms in total. The van der Waals surface area contributed by atoms with E-state index in [0.717, 1.165) is 5.56 Å². The number of carboxylic acid groups (broad SMARTS) is 1. The lowest BCUT2D eigenvalue weighted by atomic mass is 10.1. The SMILES string of the molecule is CC(C)C(SCc1cccc(C(N)=O)c1)C(=O)O. The Morgan fingerprint density at radius 3 is 2.56 bits per heavy atom. The van der Waals surface area contributed by atoms with Gasteiger partial charge < -0.3 is 10.8 Å². The summed E-state index contributed by atoms with van der Waals surface area (Å²) in [7, 11) is 0. The first kappa shape index (κ1) is 14.6. The minimum absolute atomic E-state index is 0.0619.